The largest absolute Gasteiger partial charge is 0.480 e. The fourth-order valence-corrected chi connectivity index (χ4v) is 4.25. The Balaban J connectivity index is 2.17. The number of nitrogens with two attached hydrogens (primary N) is 1. The number of carboxylic acids is 1. The lowest BCUT2D eigenvalue weighted by molar-refractivity contribution is -0.142. The predicted molar refractivity (Wildman–Crippen MR) is 146 cm³/mol. The predicted octanol–water partition coefficient (Wildman–Crippen LogP) is 0.860. The SMILES string of the molecule is CCC(C)C(NC(=O)C(N)Cc1ccccc1)C(=O)NC(Cc1cnc[nH]1)C(=O)NC(CCSC)C(=O)O. The van der Waals surface area contributed by atoms with Crippen molar-refractivity contribution in [1.82, 2.24) is 25.9 Å². The number of rotatable bonds is 16. The van der Waals surface area contributed by atoms with E-state index in [2.05, 4.69) is 25.9 Å². The smallest absolute Gasteiger partial charge is 0.326 e. The van der Waals surface area contributed by atoms with E-state index in [1.807, 2.05) is 50.4 Å². The van der Waals surface area contributed by atoms with Crippen LogP contribution in [0.25, 0.3) is 0 Å². The van der Waals surface area contributed by atoms with E-state index in [-0.39, 0.29) is 18.8 Å². The average molecular weight is 547 g/mol. The van der Waals surface area contributed by atoms with Crippen LogP contribution < -0.4 is 21.7 Å². The van der Waals surface area contributed by atoms with Crippen molar-refractivity contribution >= 4 is 35.5 Å². The normalized spacial score (nSPS) is 14.9. The van der Waals surface area contributed by atoms with Crippen LogP contribution >= 0.6 is 11.8 Å². The number of benzene rings is 1. The van der Waals surface area contributed by atoms with Crippen molar-refractivity contribution in [3.8, 4) is 0 Å². The second-order valence-electron chi connectivity index (χ2n) is 9.19. The molecule has 3 amide bonds. The molecular weight excluding hydrogens is 508 g/mol. The fourth-order valence-electron chi connectivity index (χ4n) is 3.78. The summed E-state index contributed by atoms with van der Waals surface area (Å²) in [7, 11) is 0. The molecule has 7 N–H and O–H groups in total. The van der Waals surface area contributed by atoms with Crippen LogP contribution in [0, 0.1) is 5.92 Å². The van der Waals surface area contributed by atoms with Gasteiger partial charge >= 0.3 is 5.97 Å². The number of nitrogens with one attached hydrogen (secondary N) is 4. The molecule has 2 rings (SSSR count). The van der Waals surface area contributed by atoms with Crippen LogP contribution in [-0.2, 0) is 32.0 Å². The Morgan fingerprint density at radius 2 is 1.71 bits per heavy atom. The van der Waals surface area contributed by atoms with Crippen LogP contribution in [-0.4, -0.2) is 74.9 Å². The summed E-state index contributed by atoms with van der Waals surface area (Å²) in [6.45, 7) is 3.71. The molecule has 12 heteroatoms. The van der Waals surface area contributed by atoms with Gasteiger partial charge in [-0.15, -0.1) is 0 Å². The van der Waals surface area contributed by atoms with E-state index in [1.54, 1.807) is 0 Å². The Kier molecular flexibility index (Phi) is 12.8. The van der Waals surface area contributed by atoms with Crippen LogP contribution in [0.5, 0.6) is 0 Å². The van der Waals surface area contributed by atoms with Gasteiger partial charge in [-0.3, -0.25) is 14.4 Å². The summed E-state index contributed by atoms with van der Waals surface area (Å²) >= 11 is 1.47. The van der Waals surface area contributed by atoms with E-state index < -0.39 is 47.9 Å². The number of amides is 3. The molecule has 1 aromatic heterocycles. The summed E-state index contributed by atoms with van der Waals surface area (Å²) in [6, 6.07) is 5.31. The fraction of sp³-hybridized carbons (Fsp3) is 0.500. The third-order valence-electron chi connectivity index (χ3n) is 6.27. The lowest BCUT2D eigenvalue weighted by Crippen LogP contribution is -2.59. The maximum Gasteiger partial charge on any atom is 0.326 e. The molecule has 208 valence electrons. The Morgan fingerprint density at radius 1 is 1.03 bits per heavy atom. The number of hydrogen-bond acceptors (Lipinski definition) is 7. The van der Waals surface area contributed by atoms with Crippen LogP contribution in [0.1, 0.15) is 37.9 Å². The first-order chi connectivity index (χ1) is 18.2. The Labute approximate surface area is 227 Å². The van der Waals surface area contributed by atoms with Gasteiger partial charge in [0.15, 0.2) is 0 Å². The van der Waals surface area contributed by atoms with Crippen LogP contribution in [0.4, 0.5) is 0 Å². The van der Waals surface area contributed by atoms with Gasteiger partial charge in [-0.1, -0.05) is 50.6 Å². The standard InChI is InChI=1S/C26H38N6O5S/c1-4-16(2)22(32-23(33)19(27)12-17-8-6-5-7-9-17)25(35)31-21(13-18-14-28-15-29-18)24(34)30-20(26(36)37)10-11-38-3/h5-9,14-16,19-22H,4,10-13,27H2,1-3H3,(H,28,29)(H,30,34)(H,31,35)(H,32,33)(H,36,37). The summed E-state index contributed by atoms with van der Waals surface area (Å²) in [5, 5.41) is 17.5. The second kappa shape index (κ2) is 15.8. The highest BCUT2D eigenvalue weighted by Crippen LogP contribution is 2.11. The first kappa shape index (κ1) is 30.8. The average Bonchev–Trinajstić information content (AvgIpc) is 3.42. The van der Waals surface area contributed by atoms with E-state index in [4.69, 9.17) is 5.73 Å². The quantitative estimate of drug-likeness (QED) is 0.179. The van der Waals surface area contributed by atoms with Crippen molar-refractivity contribution in [2.24, 2.45) is 11.7 Å². The van der Waals surface area contributed by atoms with E-state index >= 15 is 0 Å². The highest BCUT2D eigenvalue weighted by atomic mass is 32.2. The number of nitrogens with zero attached hydrogens (tertiary/aromatic N) is 1. The molecule has 1 aromatic carbocycles. The molecule has 0 aliphatic heterocycles. The molecule has 0 bridgehead atoms. The molecule has 11 nitrogen and oxygen atoms in total. The van der Waals surface area contributed by atoms with Crippen molar-refractivity contribution in [3.05, 3.63) is 54.1 Å². The Morgan fingerprint density at radius 3 is 2.29 bits per heavy atom. The lowest BCUT2D eigenvalue weighted by Gasteiger charge is -2.28. The van der Waals surface area contributed by atoms with E-state index in [9.17, 15) is 24.3 Å². The molecule has 0 aliphatic carbocycles. The minimum absolute atomic E-state index is 0.0567. The third-order valence-corrected chi connectivity index (χ3v) is 6.91. The number of carbonyl (C=O) groups is 4. The number of carbonyl (C=O) groups excluding carboxylic acids is 3. The van der Waals surface area contributed by atoms with Crippen molar-refractivity contribution in [1.29, 1.82) is 0 Å². The molecule has 2 aromatic rings. The molecule has 0 aliphatic rings. The Bertz CT molecular complexity index is 1040. The monoisotopic (exact) mass is 546 g/mol. The maximum absolute atomic E-state index is 13.4. The van der Waals surface area contributed by atoms with Gasteiger partial charge < -0.3 is 31.8 Å². The molecule has 0 saturated carbocycles. The minimum Gasteiger partial charge on any atom is -0.480 e. The zero-order valence-electron chi connectivity index (χ0n) is 22.0. The van der Waals surface area contributed by atoms with Crippen molar-refractivity contribution in [2.75, 3.05) is 12.0 Å². The molecule has 1 heterocycles. The number of H-pyrrole nitrogens is 1. The molecule has 5 atom stereocenters. The molecular formula is C26H38N6O5S. The van der Waals surface area contributed by atoms with Gasteiger partial charge in [-0.25, -0.2) is 9.78 Å². The molecule has 0 fully saturated rings. The first-order valence-electron chi connectivity index (χ1n) is 12.6. The summed E-state index contributed by atoms with van der Waals surface area (Å²) in [5.74, 6) is -2.55. The molecule has 0 saturated heterocycles. The topological polar surface area (TPSA) is 179 Å². The summed E-state index contributed by atoms with van der Waals surface area (Å²) in [4.78, 5) is 58.0. The Hall–Kier alpha value is -3.38. The van der Waals surface area contributed by atoms with Crippen molar-refractivity contribution in [3.63, 3.8) is 0 Å². The number of imidazole rings is 1. The first-order valence-corrected chi connectivity index (χ1v) is 13.9. The van der Waals surface area contributed by atoms with Crippen LogP contribution in [0.2, 0.25) is 0 Å². The zero-order valence-corrected chi connectivity index (χ0v) is 22.8. The summed E-state index contributed by atoms with van der Waals surface area (Å²) in [5.41, 5.74) is 7.60. The van der Waals surface area contributed by atoms with Crippen LogP contribution in [0.15, 0.2) is 42.9 Å². The van der Waals surface area contributed by atoms with Gasteiger partial charge in [-0.2, -0.15) is 11.8 Å². The van der Waals surface area contributed by atoms with E-state index in [0.717, 1.165) is 5.56 Å². The number of hydrogen-bond donors (Lipinski definition) is 6. The molecule has 0 spiro atoms. The highest BCUT2D eigenvalue weighted by molar-refractivity contribution is 7.98. The number of aliphatic carboxylic acids is 1. The van der Waals surface area contributed by atoms with E-state index in [1.165, 1.54) is 24.3 Å². The van der Waals surface area contributed by atoms with Gasteiger partial charge in [0.2, 0.25) is 17.7 Å². The molecule has 5 unspecified atom stereocenters. The lowest BCUT2D eigenvalue weighted by atomic mass is 9.96. The highest BCUT2D eigenvalue weighted by Gasteiger charge is 2.32. The van der Waals surface area contributed by atoms with Crippen molar-refractivity contribution in [2.45, 2.75) is 63.7 Å². The minimum atomic E-state index is -1.16. The number of carboxylic acid groups (broad SMARTS) is 1. The van der Waals surface area contributed by atoms with Gasteiger partial charge in [0.05, 0.1) is 12.4 Å². The maximum atomic E-state index is 13.4. The third kappa shape index (κ3) is 9.82. The number of thioether (sulfide) groups is 1. The van der Waals surface area contributed by atoms with E-state index in [0.29, 0.717) is 24.3 Å². The second-order valence-corrected chi connectivity index (χ2v) is 10.2. The zero-order chi connectivity index (χ0) is 28.1. The van der Waals surface area contributed by atoms with Crippen molar-refractivity contribution < 1.29 is 24.3 Å². The number of aromatic nitrogens is 2. The molecule has 0 radical (unpaired) electrons. The van der Waals surface area contributed by atoms with Gasteiger partial charge in [0.25, 0.3) is 0 Å². The summed E-state index contributed by atoms with van der Waals surface area (Å²) in [6.07, 6.45) is 5.99. The number of aromatic amines is 1. The van der Waals surface area contributed by atoms with Gasteiger partial charge in [0, 0.05) is 18.3 Å². The van der Waals surface area contributed by atoms with Crippen LogP contribution in [0.3, 0.4) is 0 Å². The van der Waals surface area contributed by atoms with Gasteiger partial charge in [-0.05, 0) is 36.3 Å². The van der Waals surface area contributed by atoms with Gasteiger partial charge in [0.1, 0.15) is 18.1 Å². The summed E-state index contributed by atoms with van der Waals surface area (Å²) < 4.78 is 0. The molecule has 38 heavy (non-hydrogen) atoms.